The first kappa shape index (κ1) is 21.6. The summed E-state index contributed by atoms with van der Waals surface area (Å²) in [6, 6.07) is 4.27. The summed E-state index contributed by atoms with van der Waals surface area (Å²) < 4.78 is 11.2. The van der Waals surface area contributed by atoms with Crippen molar-refractivity contribution in [3.05, 3.63) is 35.4 Å². The van der Waals surface area contributed by atoms with Crippen LogP contribution in [0.4, 0.5) is 0 Å². The molecule has 0 amide bonds. The van der Waals surface area contributed by atoms with Gasteiger partial charge in [-0.15, -0.1) is 11.8 Å². The number of hydrogen-bond donors (Lipinski definition) is 0. The van der Waals surface area contributed by atoms with E-state index in [1.54, 1.807) is 6.21 Å². The Morgan fingerprint density at radius 3 is 2.52 bits per heavy atom. The molecule has 0 fully saturated rings. The van der Waals surface area contributed by atoms with Crippen LogP contribution in [0.25, 0.3) is 0 Å². The lowest BCUT2D eigenvalue weighted by molar-refractivity contribution is 0.162. The van der Waals surface area contributed by atoms with Crippen LogP contribution in [0.5, 0.6) is 5.75 Å². The van der Waals surface area contributed by atoms with Crippen molar-refractivity contribution in [2.75, 3.05) is 32.7 Å². The van der Waals surface area contributed by atoms with Crippen molar-refractivity contribution in [2.45, 2.75) is 44.9 Å². The maximum atomic E-state index is 5.74. The standard InChI is InChI=1S/C20H31NO3S/c1-5-6-12-24-19-15-17(2)20(18(3)16-19)25-14-9-7-8-11-23-13-10-21-22-4/h5-6,10,15-16H,7-9,11-14H2,1-4H3/b6-5+,21-10+. The molecule has 140 valence electrons. The van der Waals surface area contributed by atoms with E-state index >= 15 is 0 Å². The molecule has 5 heteroatoms. The topological polar surface area (TPSA) is 40.0 Å². The second kappa shape index (κ2) is 13.8. The Morgan fingerprint density at radius 1 is 1.08 bits per heavy atom. The molecule has 0 bridgehead atoms. The second-order valence-electron chi connectivity index (χ2n) is 5.72. The van der Waals surface area contributed by atoms with Gasteiger partial charge in [-0.05, 0) is 62.6 Å². The molecular weight excluding hydrogens is 334 g/mol. The van der Waals surface area contributed by atoms with Crippen LogP contribution in [0.2, 0.25) is 0 Å². The molecule has 0 aromatic heterocycles. The van der Waals surface area contributed by atoms with E-state index in [9.17, 15) is 0 Å². The summed E-state index contributed by atoms with van der Waals surface area (Å²) in [6.07, 6.45) is 9.10. The van der Waals surface area contributed by atoms with Gasteiger partial charge >= 0.3 is 0 Å². The lowest BCUT2D eigenvalue weighted by atomic mass is 10.1. The summed E-state index contributed by atoms with van der Waals surface area (Å²) in [7, 11) is 1.53. The van der Waals surface area contributed by atoms with Crippen molar-refractivity contribution in [3.63, 3.8) is 0 Å². The minimum atomic E-state index is 0.517. The van der Waals surface area contributed by atoms with E-state index in [0.717, 1.165) is 24.5 Å². The Labute approximate surface area is 156 Å². The van der Waals surface area contributed by atoms with E-state index < -0.39 is 0 Å². The lowest BCUT2D eigenvalue weighted by Crippen LogP contribution is -1.98. The highest BCUT2D eigenvalue weighted by Crippen LogP contribution is 2.31. The molecule has 0 radical (unpaired) electrons. The first-order valence-corrected chi connectivity index (χ1v) is 9.78. The van der Waals surface area contributed by atoms with Crippen molar-refractivity contribution in [1.82, 2.24) is 0 Å². The minimum absolute atomic E-state index is 0.517. The largest absolute Gasteiger partial charge is 0.490 e. The maximum Gasteiger partial charge on any atom is 0.120 e. The highest BCUT2D eigenvalue weighted by atomic mass is 32.2. The van der Waals surface area contributed by atoms with Gasteiger partial charge in [-0.1, -0.05) is 23.7 Å². The molecule has 0 heterocycles. The van der Waals surface area contributed by atoms with E-state index in [-0.39, 0.29) is 0 Å². The van der Waals surface area contributed by atoms with Crippen molar-refractivity contribution in [1.29, 1.82) is 0 Å². The van der Waals surface area contributed by atoms with Gasteiger partial charge in [0.25, 0.3) is 0 Å². The maximum absolute atomic E-state index is 5.74. The molecule has 0 spiro atoms. The summed E-state index contributed by atoms with van der Waals surface area (Å²) >= 11 is 1.94. The summed E-state index contributed by atoms with van der Waals surface area (Å²) in [5, 5.41) is 3.63. The monoisotopic (exact) mass is 365 g/mol. The average Bonchev–Trinajstić information content (AvgIpc) is 2.59. The molecule has 4 nitrogen and oxygen atoms in total. The van der Waals surface area contributed by atoms with E-state index in [1.807, 2.05) is 30.8 Å². The quantitative estimate of drug-likeness (QED) is 0.159. The number of thioether (sulfide) groups is 1. The first-order valence-electron chi connectivity index (χ1n) is 8.79. The van der Waals surface area contributed by atoms with Crippen molar-refractivity contribution in [3.8, 4) is 5.75 Å². The molecule has 0 aliphatic carbocycles. The zero-order chi connectivity index (χ0) is 18.3. The fraction of sp³-hybridized carbons (Fsp3) is 0.550. The Bertz CT molecular complexity index is 521. The van der Waals surface area contributed by atoms with Gasteiger partial charge in [-0.3, -0.25) is 0 Å². The Hall–Kier alpha value is -1.46. The van der Waals surface area contributed by atoms with Crippen molar-refractivity contribution >= 4 is 18.0 Å². The highest BCUT2D eigenvalue weighted by Gasteiger charge is 2.06. The van der Waals surface area contributed by atoms with Crippen LogP contribution < -0.4 is 4.74 Å². The lowest BCUT2D eigenvalue weighted by Gasteiger charge is -2.12. The smallest absolute Gasteiger partial charge is 0.120 e. The number of hydrogen-bond acceptors (Lipinski definition) is 5. The summed E-state index contributed by atoms with van der Waals surface area (Å²) in [5.74, 6) is 2.08. The third kappa shape index (κ3) is 9.56. The van der Waals surface area contributed by atoms with Crippen LogP contribution in [0, 0.1) is 13.8 Å². The molecule has 1 aromatic carbocycles. The second-order valence-corrected chi connectivity index (χ2v) is 6.83. The molecule has 1 aromatic rings. The molecule has 0 atom stereocenters. The van der Waals surface area contributed by atoms with Gasteiger partial charge in [0.2, 0.25) is 0 Å². The number of unbranched alkanes of at least 4 members (excludes halogenated alkanes) is 2. The summed E-state index contributed by atoms with van der Waals surface area (Å²) in [5.41, 5.74) is 2.59. The average molecular weight is 366 g/mol. The summed E-state index contributed by atoms with van der Waals surface area (Å²) in [6.45, 7) is 8.24. The SMILES string of the molecule is C/C=C/COc1cc(C)c(SCCCCCOC/C=N/OC)c(C)c1. The molecule has 0 aliphatic heterocycles. The molecule has 25 heavy (non-hydrogen) atoms. The van der Waals surface area contributed by atoms with Crippen LogP contribution in [-0.2, 0) is 9.57 Å². The van der Waals surface area contributed by atoms with Crippen LogP contribution in [-0.4, -0.2) is 38.9 Å². The Kier molecular flexibility index (Phi) is 11.9. The van der Waals surface area contributed by atoms with E-state index in [1.165, 1.54) is 36.0 Å². The number of nitrogens with zero attached hydrogens (tertiary/aromatic N) is 1. The van der Waals surface area contributed by atoms with Crippen LogP contribution in [0.15, 0.2) is 34.3 Å². The number of rotatable bonds is 13. The van der Waals surface area contributed by atoms with E-state index in [4.69, 9.17) is 9.47 Å². The van der Waals surface area contributed by atoms with Gasteiger partial charge in [0, 0.05) is 11.5 Å². The zero-order valence-corrected chi connectivity index (χ0v) is 16.7. The normalized spacial score (nSPS) is 11.5. The highest BCUT2D eigenvalue weighted by molar-refractivity contribution is 7.99. The number of benzene rings is 1. The molecule has 0 saturated heterocycles. The number of oxime groups is 1. The molecule has 0 saturated carbocycles. The molecule has 0 unspecified atom stereocenters. The van der Waals surface area contributed by atoms with Crippen LogP contribution in [0.1, 0.15) is 37.3 Å². The molecular formula is C20H31NO3S. The predicted octanol–water partition coefficient (Wildman–Crippen LogP) is 5.17. The van der Waals surface area contributed by atoms with Gasteiger partial charge in [-0.2, -0.15) is 0 Å². The molecule has 0 aliphatic rings. The number of ether oxygens (including phenoxy) is 2. The van der Waals surface area contributed by atoms with E-state index in [0.29, 0.717) is 13.2 Å². The van der Waals surface area contributed by atoms with Crippen LogP contribution in [0.3, 0.4) is 0 Å². The predicted molar refractivity (Wildman–Crippen MR) is 107 cm³/mol. The van der Waals surface area contributed by atoms with Gasteiger partial charge in [-0.25, -0.2) is 0 Å². The Morgan fingerprint density at radius 2 is 1.84 bits per heavy atom. The first-order chi connectivity index (χ1) is 12.2. The molecule has 1 rings (SSSR count). The van der Waals surface area contributed by atoms with Gasteiger partial charge in [0.05, 0.1) is 12.8 Å². The van der Waals surface area contributed by atoms with Gasteiger partial charge in [0.1, 0.15) is 19.5 Å². The van der Waals surface area contributed by atoms with Crippen LogP contribution >= 0.6 is 11.8 Å². The van der Waals surface area contributed by atoms with E-state index in [2.05, 4.69) is 36.0 Å². The zero-order valence-electron chi connectivity index (χ0n) is 15.9. The fourth-order valence-electron chi connectivity index (χ4n) is 2.36. The third-order valence-corrected chi connectivity index (χ3v) is 4.99. The minimum Gasteiger partial charge on any atom is -0.490 e. The number of allylic oxidation sites excluding steroid dienone is 1. The third-order valence-electron chi connectivity index (χ3n) is 3.57. The number of aryl methyl sites for hydroxylation is 2. The van der Waals surface area contributed by atoms with Crippen molar-refractivity contribution in [2.24, 2.45) is 5.16 Å². The Balaban J connectivity index is 2.25. The van der Waals surface area contributed by atoms with Gasteiger partial charge < -0.3 is 14.3 Å². The molecule has 0 N–H and O–H groups in total. The van der Waals surface area contributed by atoms with Gasteiger partial charge in [0.15, 0.2) is 0 Å². The fourth-order valence-corrected chi connectivity index (χ4v) is 3.49. The summed E-state index contributed by atoms with van der Waals surface area (Å²) in [4.78, 5) is 5.95. The van der Waals surface area contributed by atoms with Crippen molar-refractivity contribution < 1.29 is 14.3 Å².